The molecule has 8 heteroatoms. The second-order valence-corrected chi connectivity index (χ2v) is 5.92. The summed E-state index contributed by atoms with van der Waals surface area (Å²) in [5.74, 6) is 0.333. The first-order valence-electron chi connectivity index (χ1n) is 7.80. The first-order valence-corrected chi connectivity index (χ1v) is 8.17. The summed E-state index contributed by atoms with van der Waals surface area (Å²) >= 11 is 5.85. The van der Waals surface area contributed by atoms with E-state index >= 15 is 0 Å². The summed E-state index contributed by atoms with van der Waals surface area (Å²) in [5.41, 5.74) is 0.101. The lowest BCUT2D eigenvalue weighted by Crippen LogP contribution is -2.21. The molecule has 0 aliphatic rings. The van der Waals surface area contributed by atoms with Crippen LogP contribution in [0.4, 0.5) is 18.9 Å². The van der Waals surface area contributed by atoms with E-state index in [0.717, 1.165) is 29.5 Å². The van der Waals surface area contributed by atoms with Crippen LogP contribution in [0.2, 0.25) is 5.02 Å². The van der Waals surface area contributed by atoms with Crippen molar-refractivity contribution in [1.29, 1.82) is 0 Å². The second kappa shape index (κ2) is 8.91. The topological polar surface area (TPSA) is 50.4 Å². The third-order valence-electron chi connectivity index (χ3n) is 3.58. The van der Waals surface area contributed by atoms with E-state index in [2.05, 4.69) is 10.6 Å². The van der Waals surface area contributed by atoms with Gasteiger partial charge in [0.1, 0.15) is 5.75 Å². The van der Waals surface area contributed by atoms with Gasteiger partial charge >= 0.3 is 6.18 Å². The van der Waals surface area contributed by atoms with Crippen molar-refractivity contribution in [3.63, 3.8) is 0 Å². The van der Waals surface area contributed by atoms with Crippen LogP contribution in [-0.4, -0.2) is 19.6 Å². The van der Waals surface area contributed by atoms with Crippen LogP contribution in [0.25, 0.3) is 0 Å². The van der Waals surface area contributed by atoms with Gasteiger partial charge < -0.3 is 15.4 Å². The van der Waals surface area contributed by atoms with Crippen LogP contribution < -0.4 is 15.4 Å². The molecule has 0 bridgehead atoms. The third-order valence-corrected chi connectivity index (χ3v) is 3.91. The number of hydrogen-bond acceptors (Lipinski definition) is 3. The van der Waals surface area contributed by atoms with Gasteiger partial charge in [0.2, 0.25) is 5.91 Å². The molecule has 0 aliphatic heterocycles. The molecule has 1 amide bonds. The van der Waals surface area contributed by atoms with Crippen molar-refractivity contribution in [3.8, 4) is 5.75 Å². The number of carbonyl (C=O) groups is 1. The Morgan fingerprint density at radius 2 is 1.85 bits per heavy atom. The maximum Gasteiger partial charge on any atom is 0.416 e. The molecule has 0 aromatic heterocycles. The SMILES string of the molecule is COc1ccc(CNCCC(=O)Nc2cc(C(F)(F)F)ccc2Cl)cc1. The van der Waals surface area contributed by atoms with Crippen LogP contribution in [0.15, 0.2) is 42.5 Å². The largest absolute Gasteiger partial charge is 0.497 e. The highest BCUT2D eigenvalue weighted by atomic mass is 35.5. The number of rotatable bonds is 7. The number of ether oxygens (including phenoxy) is 1. The Bertz CT molecular complexity index is 749. The van der Waals surface area contributed by atoms with Crippen molar-refractivity contribution < 1.29 is 22.7 Å². The molecule has 4 nitrogen and oxygen atoms in total. The van der Waals surface area contributed by atoms with Crippen LogP contribution in [0.3, 0.4) is 0 Å². The minimum absolute atomic E-state index is 0.0533. The highest BCUT2D eigenvalue weighted by molar-refractivity contribution is 6.33. The summed E-state index contributed by atoms with van der Waals surface area (Å²) in [6.07, 6.45) is -4.40. The number of amides is 1. The minimum atomic E-state index is -4.50. The van der Waals surface area contributed by atoms with E-state index in [1.807, 2.05) is 24.3 Å². The molecule has 0 radical (unpaired) electrons. The predicted octanol–water partition coefficient (Wildman–Crippen LogP) is 4.49. The normalized spacial score (nSPS) is 11.3. The van der Waals surface area contributed by atoms with Crippen molar-refractivity contribution in [2.75, 3.05) is 19.0 Å². The first-order chi connectivity index (χ1) is 12.3. The number of hydrogen-bond donors (Lipinski definition) is 2. The highest BCUT2D eigenvalue weighted by Crippen LogP contribution is 2.33. The van der Waals surface area contributed by atoms with Gasteiger partial charge in [0, 0.05) is 19.5 Å². The Kier molecular flexibility index (Phi) is 6.88. The van der Waals surface area contributed by atoms with Gasteiger partial charge in [-0.2, -0.15) is 13.2 Å². The molecule has 0 heterocycles. The molecule has 0 spiro atoms. The molecule has 0 saturated heterocycles. The molecule has 2 rings (SSSR count). The van der Waals surface area contributed by atoms with Gasteiger partial charge in [-0.1, -0.05) is 23.7 Å². The monoisotopic (exact) mass is 386 g/mol. The summed E-state index contributed by atoms with van der Waals surface area (Å²) in [6, 6.07) is 10.3. The fourth-order valence-corrected chi connectivity index (χ4v) is 2.35. The van der Waals surface area contributed by atoms with Gasteiger partial charge in [-0.05, 0) is 35.9 Å². The summed E-state index contributed by atoms with van der Waals surface area (Å²) in [7, 11) is 1.59. The Morgan fingerprint density at radius 3 is 2.46 bits per heavy atom. The average Bonchev–Trinajstić information content (AvgIpc) is 2.60. The molecular formula is C18H18ClF3N2O2. The van der Waals surface area contributed by atoms with Crippen molar-refractivity contribution in [3.05, 3.63) is 58.6 Å². The summed E-state index contributed by atoms with van der Waals surface area (Å²) in [4.78, 5) is 11.9. The molecule has 2 N–H and O–H groups in total. The van der Waals surface area contributed by atoms with E-state index in [0.29, 0.717) is 13.1 Å². The smallest absolute Gasteiger partial charge is 0.416 e. The van der Waals surface area contributed by atoms with Gasteiger partial charge in [0.25, 0.3) is 0 Å². The van der Waals surface area contributed by atoms with Gasteiger partial charge in [0.05, 0.1) is 23.4 Å². The third kappa shape index (κ3) is 5.93. The lowest BCUT2D eigenvalue weighted by molar-refractivity contribution is -0.137. The summed E-state index contributed by atoms with van der Waals surface area (Å²) < 4.78 is 43.2. The number of halogens is 4. The Hall–Kier alpha value is -2.25. The number of carbonyl (C=O) groups excluding carboxylic acids is 1. The van der Waals surface area contributed by atoms with E-state index in [1.165, 1.54) is 0 Å². The van der Waals surface area contributed by atoms with Crippen molar-refractivity contribution >= 4 is 23.2 Å². The maximum absolute atomic E-state index is 12.7. The Labute approximate surface area is 154 Å². The first kappa shape index (κ1) is 20.1. The molecule has 140 valence electrons. The molecule has 2 aromatic rings. The van der Waals surface area contributed by atoms with Crippen molar-refractivity contribution in [2.45, 2.75) is 19.1 Å². The Balaban J connectivity index is 1.81. The van der Waals surface area contributed by atoms with Crippen molar-refractivity contribution in [1.82, 2.24) is 5.32 Å². The van der Waals surface area contributed by atoms with Crippen LogP contribution in [0.1, 0.15) is 17.5 Å². The number of methoxy groups -OCH3 is 1. The standard InChI is InChI=1S/C18H18ClF3N2O2/c1-26-14-5-2-12(3-6-14)11-23-9-8-17(25)24-16-10-13(18(20,21)22)4-7-15(16)19/h2-7,10,23H,8-9,11H2,1H3,(H,24,25). The van der Waals surface area contributed by atoms with Gasteiger partial charge in [0.15, 0.2) is 0 Å². The predicted molar refractivity (Wildman–Crippen MR) is 94.4 cm³/mol. The van der Waals surface area contributed by atoms with E-state index < -0.39 is 17.6 Å². The van der Waals surface area contributed by atoms with E-state index in [1.54, 1.807) is 7.11 Å². The van der Waals surface area contributed by atoms with E-state index in [9.17, 15) is 18.0 Å². The molecular weight excluding hydrogens is 369 g/mol. The lowest BCUT2D eigenvalue weighted by Gasteiger charge is -2.12. The summed E-state index contributed by atoms with van der Waals surface area (Å²) in [6.45, 7) is 0.927. The zero-order chi connectivity index (χ0) is 19.2. The fourth-order valence-electron chi connectivity index (χ4n) is 2.19. The fraction of sp³-hybridized carbons (Fsp3) is 0.278. The number of nitrogens with one attached hydrogen (secondary N) is 2. The van der Waals surface area contributed by atoms with E-state index in [4.69, 9.17) is 16.3 Å². The number of alkyl halides is 3. The molecule has 0 saturated carbocycles. The highest BCUT2D eigenvalue weighted by Gasteiger charge is 2.31. The molecule has 2 aromatic carbocycles. The lowest BCUT2D eigenvalue weighted by atomic mass is 10.2. The molecule has 0 unspecified atom stereocenters. The van der Waals surface area contributed by atoms with Gasteiger partial charge in [-0.15, -0.1) is 0 Å². The average molecular weight is 387 g/mol. The maximum atomic E-state index is 12.7. The zero-order valence-electron chi connectivity index (χ0n) is 14.0. The van der Waals surface area contributed by atoms with Crippen LogP contribution in [0, 0.1) is 0 Å². The van der Waals surface area contributed by atoms with Crippen LogP contribution >= 0.6 is 11.6 Å². The van der Waals surface area contributed by atoms with E-state index in [-0.39, 0.29) is 17.1 Å². The van der Waals surface area contributed by atoms with Crippen LogP contribution in [-0.2, 0) is 17.5 Å². The quantitative estimate of drug-likeness (QED) is 0.689. The van der Waals surface area contributed by atoms with Gasteiger partial charge in [-0.25, -0.2) is 0 Å². The minimum Gasteiger partial charge on any atom is -0.497 e. The molecule has 26 heavy (non-hydrogen) atoms. The number of benzene rings is 2. The Morgan fingerprint density at radius 1 is 1.15 bits per heavy atom. The summed E-state index contributed by atoms with van der Waals surface area (Å²) in [5, 5.41) is 5.55. The van der Waals surface area contributed by atoms with Crippen LogP contribution in [0.5, 0.6) is 5.75 Å². The molecule has 0 aliphatic carbocycles. The van der Waals surface area contributed by atoms with Crippen molar-refractivity contribution in [2.24, 2.45) is 0 Å². The zero-order valence-corrected chi connectivity index (χ0v) is 14.7. The second-order valence-electron chi connectivity index (χ2n) is 5.52. The molecule has 0 fully saturated rings. The molecule has 0 atom stereocenters. The van der Waals surface area contributed by atoms with Gasteiger partial charge in [-0.3, -0.25) is 4.79 Å². The number of anilines is 1.